The Hall–Kier alpha value is -3.07. The van der Waals surface area contributed by atoms with Gasteiger partial charge in [-0.1, -0.05) is 60.2 Å². The molecule has 0 atom stereocenters. The van der Waals surface area contributed by atoms with Crippen LogP contribution in [0, 0.1) is 6.92 Å². The van der Waals surface area contributed by atoms with Crippen molar-refractivity contribution < 1.29 is 9.47 Å². The lowest BCUT2D eigenvalue weighted by molar-refractivity contribution is 0.395. The molecule has 0 aliphatic carbocycles. The summed E-state index contributed by atoms with van der Waals surface area (Å²) in [5.74, 6) is 1.42. The molecule has 0 fully saturated rings. The third kappa shape index (κ3) is 3.89. The van der Waals surface area contributed by atoms with Crippen LogP contribution in [-0.2, 0) is 0 Å². The molecule has 3 nitrogen and oxygen atoms in total. The molecule has 0 aromatic heterocycles. The molecular formula is C22H21NO2. The summed E-state index contributed by atoms with van der Waals surface area (Å²) in [6.45, 7) is 2.08. The molecule has 3 rings (SSSR count). The molecule has 0 heterocycles. The highest BCUT2D eigenvalue weighted by Gasteiger charge is 2.10. The Balaban J connectivity index is 2.15. The van der Waals surface area contributed by atoms with E-state index in [-0.39, 0.29) is 0 Å². The molecule has 3 aromatic carbocycles. The Bertz CT molecular complexity index is 868. The Kier molecular flexibility index (Phi) is 5.14. The third-order valence-corrected chi connectivity index (χ3v) is 3.99. The molecule has 0 saturated heterocycles. The Morgan fingerprint density at radius 1 is 0.760 bits per heavy atom. The zero-order chi connectivity index (χ0) is 17.6. The largest absolute Gasteiger partial charge is 0.497 e. The maximum Gasteiger partial charge on any atom is 0.148 e. The Labute approximate surface area is 148 Å². The lowest BCUT2D eigenvalue weighted by atomic mass is 10.0. The van der Waals surface area contributed by atoms with Crippen molar-refractivity contribution in [1.29, 1.82) is 0 Å². The van der Waals surface area contributed by atoms with E-state index in [1.165, 1.54) is 5.56 Å². The van der Waals surface area contributed by atoms with Crippen LogP contribution in [0.25, 0.3) is 0 Å². The van der Waals surface area contributed by atoms with Gasteiger partial charge in [0.1, 0.15) is 17.2 Å². The molecule has 0 N–H and O–H groups in total. The van der Waals surface area contributed by atoms with Gasteiger partial charge in [0.15, 0.2) is 0 Å². The summed E-state index contributed by atoms with van der Waals surface area (Å²) in [5, 5.41) is 0. The van der Waals surface area contributed by atoms with E-state index in [0.717, 1.165) is 28.3 Å². The van der Waals surface area contributed by atoms with Gasteiger partial charge in [0.05, 0.1) is 19.9 Å². The highest BCUT2D eigenvalue weighted by Crippen LogP contribution is 2.32. The fourth-order valence-electron chi connectivity index (χ4n) is 2.60. The quantitative estimate of drug-likeness (QED) is 0.603. The number of methoxy groups -OCH3 is 2. The number of hydrogen-bond acceptors (Lipinski definition) is 3. The van der Waals surface area contributed by atoms with Gasteiger partial charge in [-0.15, -0.1) is 0 Å². The molecular weight excluding hydrogens is 310 g/mol. The number of hydrogen-bond donors (Lipinski definition) is 0. The Morgan fingerprint density at radius 2 is 1.44 bits per heavy atom. The topological polar surface area (TPSA) is 30.8 Å². The van der Waals surface area contributed by atoms with E-state index in [1.54, 1.807) is 14.2 Å². The summed E-state index contributed by atoms with van der Waals surface area (Å²) >= 11 is 0. The van der Waals surface area contributed by atoms with Crippen molar-refractivity contribution in [2.45, 2.75) is 6.92 Å². The number of ether oxygens (including phenoxy) is 2. The van der Waals surface area contributed by atoms with Gasteiger partial charge in [-0.2, -0.15) is 0 Å². The minimum Gasteiger partial charge on any atom is -0.497 e. The molecule has 0 amide bonds. The summed E-state index contributed by atoms with van der Waals surface area (Å²) < 4.78 is 10.8. The zero-order valence-corrected chi connectivity index (χ0v) is 14.7. The van der Waals surface area contributed by atoms with Gasteiger partial charge >= 0.3 is 0 Å². The lowest BCUT2D eigenvalue weighted by Gasteiger charge is -2.11. The molecule has 25 heavy (non-hydrogen) atoms. The van der Waals surface area contributed by atoms with E-state index in [4.69, 9.17) is 14.5 Å². The van der Waals surface area contributed by atoms with Gasteiger partial charge in [-0.3, -0.25) is 0 Å². The second-order valence-corrected chi connectivity index (χ2v) is 5.73. The first-order chi connectivity index (χ1) is 12.2. The lowest BCUT2D eigenvalue weighted by Crippen LogP contribution is -2.03. The van der Waals surface area contributed by atoms with Crippen molar-refractivity contribution in [2.24, 2.45) is 4.99 Å². The number of aliphatic imine (C=N–C) groups is 1. The van der Waals surface area contributed by atoms with Crippen molar-refractivity contribution >= 4 is 11.4 Å². The average molecular weight is 331 g/mol. The highest BCUT2D eigenvalue weighted by molar-refractivity contribution is 6.14. The van der Waals surface area contributed by atoms with Gasteiger partial charge < -0.3 is 9.47 Å². The molecule has 0 spiro atoms. The first-order valence-electron chi connectivity index (χ1n) is 8.14. The summed E-state index contributed by atoms with van der Waals surface area (Å²) in [4.78, 5) is 4.91. The summed E-state index contributed by atoms with van der Waals surface area (Å²) in [7, 11) is 3.28. The highest BCUT2D eigenvalue weighted by atomic mass is 16.5. The maximum atomic E-state index is 5.49. The molecule has 0 bridgehead atoms. The normalized spacial score (nSPS) is 11.2. The number of rotatable bonds is 5. The van der Waals surface area contributed by atoms with Crippen LogP contribution in [0.2, 0.25) is 0 Å². The average Bonchev–Trinajstić information content (AvgIpc) is 2.67. The standard InChI is InChI=1S/C22H21NO2/c1-16-9-11-18(12-10-16)22(17-7-5-4-6-8-17)23-20-14-13-19(24-2)15-21(20)25-3/h4-15H,1-3H3. The maximum absolute atomic E-state index is 5.49. The number of nitrogens with zero attached hydrogens (tertiary/aromatic N) is 1. The second-order valence-electron chi connectivity index (χ2n) is 5.73. The van der Waals surface area contributed by atoms with E-state index in [0.29, 0.717) is 5.75 Å². The molecule has 0 saturated carbocycles. The van der Waals surface area contributed by atoms with Gasteiger partial charge in [-0.05, 0) is 19.1 Å². The third-order valence-electron chi connectivity index (χ3n) is 3.99. The monoisotopic (exact) mass is 331 g/mol. The van der Waals surface area contributed by atoms with E-state index in [1.807, 2.05) is 36.4 Å². The van der Waals surface area contributed by atoms with E-state index in [9.17, 15) is 0 Å². The number of benzene rings is 3. The summed E-state index contributed by atoms with van der Waals surface area (Å²) in [6, 6.07) is 24.2. The minimum absolute atomic E-state index is 0.680. The number of aryl methyl sites for hydroxylation is 1. The van der Waals surface area contributed by atoms with Crippen molar-refractivity contribution in [1.82, 2.24) is 0 Å². The molecule has 126 valence electrons. The first-order valence-corrected chi connectivity index (χ1v) is 8.14. The smallest absolute Gasteiger partial charge is 0.148 e. The fraction of sp³-hybridized carbons (Fsp3) is 0.136. The summed E-state index contributed by atoms with van der Waals surface area (Å²) in [5.41, 5.74) is 5.02. The predicted octanol–water partition coefficient (Wildman–Crippen LogP) is 5.18. The van der Waals surface area contributed by atoms with Crippen LogP contribution in [0.1, 0.15) is 16.7 Å². The van der Waals surface area contributed by atoms with Crippen LogP contribution in [0.4, 0.5) is 5.69 Å². The predicted molar refractivity (Wildman–Crippen MR) is 102 cm³/mol. The van der Waals surface area contributed by atoms with E-state index < -0.39 is 0 Å². The van der Waals surface area contributed by atoms with Gasteiger partial charge in [0.2, 0.25) is 0 Å². The molecule has 3 heteroatoms. The Morgan fingerprint density at radius 3 is 2.08 bits per heavy atom. The van der Waals surface area contributed by atoms with E-state index >= 15 is 0 Å². The molecule has 0 radical (unpaired) electrons. The van der Waals surface area contributed by atoms with Crippen LogP contribution >= 0.6 is 0 Å². The zero-order valence-electron chi connectivity index (χ0n) is 14.7. The van der Waals surface area contributed by atoms with Crippen molar-refractivity contribution in [3.05, 3.63) is 89.5 Å². The fourth-order valence-corrected chi connectivity index (χ4v) is 2.60. The SMILES string of the molecule is COc1ccc(N=C(c2ccccc2)c2ccc(C)cc2)c(OC)c1. The van der Waals surface area contributed by atoms with Crippen molar-refractivity contribution in [3.63, 3.8) is 0 Å². The van der Waals surface area contributed by atoms with E-state index in [2.05, 4.69) is 43.3 Å². The van der Waals surface area contributed by atoms with Crippen LogP contribution in [0.3, 0.4) is 0 Å². The van der Waals surface area contributed by atoms with Crippen molar-refractivity contribution in [3.8, 4) is 11.5 Å². The molecule has 0 aliphatic heterocycles. The first kappa shape index (κ1) is 16.8. The summed E-state index contributed by atoms with van der Waals surface area (Å²) in [6.07, 6.45) is 0. The van der Waals surface area contributed by atoms with Gasteiger partial charge in [-0.25, -0.2) is 4.99 Å². The molecule has 3 aromatic rings. The molecule has 0 aliphatic rings. The van der Waals surface area contributed by atoms with Crippen LogP contribution in [0.5, 0.6) is 11.5 Å². The second kappa shape index (κ2) is 7.67. The van der Waals surface area contributed by atoms with Crippen LogP contribution in [0.15, 0.2) is 77.8 Å². The molecule has 0 unspecified atom stereocenters. The van der Waals surface area contributed by atoms with Crippen LogP contribution < -0.4 is 9.47 Å². The van der Waals surface area contributed by atoms with Gasteiger partial charge in [0.25, 0.3) is 0 Å². The minimum atomic E-state index is 0.680. The van der Waals surface area contributed by atoms with Crippen LogP contribution in [-0.4, -0.2) is 19.9 Å². The van der Waals surface area contributed by atoms with Crippen molar-refractivity contribution in [2.75, 3.05) is 14.2 Å². The van der Waals surface area contributed by atoms with Gasteiger partial charge in [0, 0.05) is 17.2 Å².